The number of ether oxygens (including phenoxy) is 2. The zero-order valence-electron chi connectivity index (χ0n) is 11.3. The van der Waals surface area contributed by atoms with Crippen LogP contribution in [0.4, 0.5) is 0 Å². The van der Waals surface area contributed by atoms with Crippen molar-refractivity contribution in [1.29, 1.82) is 0 Å². The minimum atomic E-state index is 0.0809. The largest absolute Gasteiger partial charge is 0.497 e. The van der Waals surface area contributed by atoms with Gasteiger partial charge in [0.1, 0.15) is 5.75 Å². The van der Waals surface area contributed by atoms with E-state index in [9.17, 15) is 0 Å². The van der Waals surface area contributed by atoms with Crippen LogP contribution in [0.1, 0.15) is 37.5 Å². The zero-order valence-corrected chi connectivity index (χ0v) is 11.3. The number of nitrogens with one attached hydrogen (secondary N) is 1. The van der Waals surface area contributed by atoms with Gasteiger partial charge in [0.25, 0.3) is 0 Å². The standard InChI is InChI=1S/C15H21NO2/c1-15(2)9-18-14-12-8-11(17-3)6-4-10(12)5-7-13(14)16-15/h4,6,8,13-14,16H,5,7,9H2,1-3H3. The summed E-state index contributed by atoms with van der Waals surface area (Å²) in [7, 11) is 1.71. The van der Waals surface area contributed by atoms with E-state index < -0.39 is 0 Å². The molecule has 2 atom stereocenters. The van der Waals surface area contributed by atoms with Crippen molar-refractivity contribution in [3.63, 3.8) is 0 Å². The monoisotopic (exact) mass is 247 g/mol. The Kier molecular flexibility index (Phi) is 2.83. The first kappa shape index (κ1) is 12.0. The summed E-state index contributed by atoms with van der Waals surface area (Å²) < 4.78 is 11.4. The highest BCUT2D eigenvalue weighted by Crippen LogP contribution is 2.38. The summed E-state index contributed by atoms with van der Waals surface area (Å²) in [6, 6.07) is 6.77. The van der Waals surface area contributed by atoms with Crippen molar-refractivity contribution >= 4 is 0 Å². The molecule has 3 rings (SSSR count). The summed E-state index contributed by atoms with van der Waals surface area (Å²) in [5.41, 5.74) is 2.78. The Bertz CT molecular complexity index is 456. The maximum Gasteiger partial charge on any atom is 0.119 e. The number of benzene rings is 1. The topological polar surface area (TPSA) is 30.5 Å². The molecule has 98 valence electrons. The van der Waals surface area contributed by atoms with Crippen LogP contribution in [0, 0.1) is 0 Å². The molecule has 0 saturated carbocycles. The fraction of sp³-hybridized carbons (Fsp3) is 0.600. The highest BCUT2D eigenvalue weighted by molar-refractivity contribution is 5.40. The lowest BCUT2D eigenvalue weighted by molar-refractivity contribution is -0.0603. The van der Waals surface area contributed by atoms with Crippen LogP contribution in [-0.4, -0.2) is 25.3 Å². The molecule has 0 bridgehead atoms. The van der Waals surface area contributed by atoms with Crippen molar-refractivity contribution < 1.29 is 9.47 Å². The Morgan fingerprint density at radius 3 is 3.00 bits per heavy atom. The third-order valence-corrected chi connectivity index (χ3v) is 3.95. The quantitative estimate of drug-likeness (QED) is 0.827. The molecule has 1 fully saturated rings. The van der Waals surface area contributed by atoms with Crippen LogP contribution < -0.4 is 10.1 Å². The number of morpholine rings is 1. The van der Waals surface area contributed by atoms with E-state index in [1.54, 1.807) is 7.11 Å². The highest BCUT2D eigenvalue weighted by atomic mass is 16.5. The number of hydrogen-bond donors (Lipinski definition) is 1. The van der Waals surface area contributed by atoms with E-state index in [4.69, 9.17) is 9.47 Å². The maximum absolute atomic E-state index is 6.11. The van der Waals surface area contributed by atoms with Gasteiger partial charge in [-0.1, -0.05) is 6.07 Å². The van der Waals surface area contributed by atoms with E-state index >= 15 is 0 Å². The highest BCUT2D eigenvalue weighted by Gasteiger charge is 2.38. The summed E-state index contributed by atoms with van der Waals surface area (Å²) in [6.07, 6.45) is 2.44. The summed E-state index contributed by atoms with van der Waals surface area (Å²) in [4.78, 5) is 0. The van der Waals surface area contributed by atoms with Crippen LogP contribution in [0.3, 0.4) is 0 Å². The average Bonchev–Trinajstić information content (AvgIpc) is 2.36. The van der Waals surface area contributed by atoms with Crippen molar-refractivity contribution in [2.24, 2.45) is 0 Å². The number of methoxy groups -OCH3 is 1. The molecule has 2 unspecified atom stereocenters. The van der Waals surface area contributed by atoms with Gasteiger partial charge in [0.15, 0.2) is 0 Å². The van der Waals surface area contributed by atoms with Crippen molar-refractivity contribution in [3.8, 4) is 5.75 Å². The molecule has 3 nitrogen and oxygen atoms in total. The number of rotatable bonds is 1. The first-order valence-electron chi connectivity index (χ1n) is 6.65. The van der Waals surface area contributed by atoms with Crippen molar-refractivity contribution in [2.45, 2.75) is 44.4 Å². The Balaban J connectivity index is 1.93. The van der Waals surface area contributed by atoms with Crippen molar-refractivity contribution in [3.05, 3.63) is 29.3 Å². The second kappa shape index (κ2) is 4.25. The van der Waals surface area contributed by atoms with Crippen LogP contribution in [0.15, 0.2) is 18.2 Å². The third-order valence-electron chi connectivity index (χ3n) is 3.95. The van der Waals surface area contributed by atoms with E-state index in [0.717, 1.165) is 25.2 Å². The van der Waals surface area contributed by atoms with Crippen LogP contribution in [-0.2, 0) is 11.2 Å². The predicted molar refractivity (Wildman–Crippen MR) is 71.0 cm³/mol. The molecule has 2 aliphatic rings. The van der Waals surface area contributed by atoms with Gasteiger partial charge >= 0.3 is 0 Å². The number of fused-ring (bicyclic) bond motifs is 3. The second-order valence-electron chi connectivity index (χ2n) is 5.97. The maximum atomic E-state index is 6.11. The van der Waals surface area contributed by atoms with E-state index in [1.165, 1.54) is 11.1 Å². The Morgan fingerprint density at radius 2 is 2.22 bits per heavy atom. The normalized spacial score (nSPS) is 29.3. The molecule has 1 aromatic rings. The average molecular weight is 247 g/mol. The first-order chi connectivity index (χ1) is 8.59. The van der Waals surface area contributed by atoms with Gasteiger partial charge in [-0.3, -0.25) is 0 Å². The SMILES string of the molecule is COc1ccc2c(c1)C1OCC(C)(C)NC1CC2. The molecule has 1 saturated heterocycles. The van der Waals surface area contributed by atoms with Crippen LogP contribution in [0.2, 0.25) is 0 Å². The van der Waals surface area contributed by atoms with Crippen LogP contribution >= 0.6 is 0 Å². The molecule has 0 aromatic heterocycles. The molecule has 0 spiro atoms. The number of aryl methyl sites for hydroxylation is 1. The molecular formula is C15H21NO2. The molecule has 18 heavy (non-hydrogen) atoms. The molecular weight excluding hydrogens is 226 g/mol. The fourth-order valence-corrected chi connectivity index (χ4v) is 3.07. The molecule has 0 amide bonds. The molecule has 0 radical (unpaired) electrons. The molecule has 1 aliphatic heterocycles. The molecule has 3 heteroatoms. The Labute approximate surface area is 108 Å². The second-order valence-corrected chi connectivity index (χ2v) is 5.97. The van der Waals surface area contributed by atoms with E-state index in [2.05, 4.69) is 31.3 Å². The molecule has 1 aliphatic carbocycles. The van der Waals surface area contributed by atoms with Gasteiger partial charge in [0.2, 0.25) is 0 Å². The van der Waals surface area contributed by atoms with Crippen LogP contribution in [0.5, 0.6) is 5.75 Å². The Morgan fingerprint density at radius 1 is 1.39 bits per heavy atom. The smallest absolute Gasteiger partial charge is 0.119 e. The van der Waals surface area contributed by atoms with Gasteiger partial charge < -0.3 is 14.8 Å². The van der Waals surface area contributed by atoms with Gasteiger partial charge in [-0.2, -0.15) is 0 Å². The molecule has 1 heterocycles. The van der Waals surface area contributed by atoms with E-state index in [1.807, 2.05) is 6.07 Å². The first-order valence-corrected chi connectivity index (χ1v) is 6.65. The molecule has 1 aromatic carbocycles. The van der Waals surface area contributed by atoms with Crippen LogP contribution in [0.25, 0.3) is 0 Å². The van der Waals surface area contributed by atoms with Crippen molar-refractivity contribution in [1.82, 2.24) is 5.32 Å². The van der Waals surface area contributed by atoms with Gasteiger partial charge in [-0.25, -0.2) is 0 Å². The van der Waals surface area contributed by atoms with Gasteiger partial charge in [-0.15, -0.1) is 0 Å². The summed E-state index contributed by atoms with van der Waals surface area (Å²) in [5.74, 6) is 0.919. The summed E-state index contributed by atoms with van der Waals surface area (Å²) in [5, 5.41) is 3.71. The Hall–Kier alpha value is -1.06. The zero-order chi connectivity index (χ0) is 12.8. The lowest BCUT2D eigenvalue weighted by Crippen LogP contribution is -2.57. The van der Waals surface area contributed by atoms with Gasteiger partial charge in [0, 0.05) is 11.6 Å². The summed E-state index contributed by atoms with van der Waals surface area (Å²) in [6.45, 7) is 5.15. The van der Waals surface area contributed by atoms with Gasteiger partial charge in [-0.05, 0) is 49.9 Å². The minimum Gasteiger partial charge on any atom is -0.497 e. The van der Waals surface area contributed by atoms with Gasteiger partial charge in [0.05, 0.1) is 19.8 Å². The third kappa shape index (κ3) is 2.02. The summed E-state index contributed by atoms with van der Waals surface area (Å²) >= 11 is 0. The van der Waals surface area contributed by atoms with E-state index in [0.29, 0.717) is 6.04 Å². The lowest BCUT2D eigenvalue weighted by atomic mass is 9.83. The van der Waals surface area contributed by atoms with Crippen molar-refractivity contribution in [2.75, 3.05) is 13.7 Å². The lowest BCUT2D eigenvalue weighted by Gasteiger charge is -2.45. The predicted octanol–water partition coefficient (Wildman–Crippen LogP) is 2.45. The fourth-order valence-electron chi connectivity index (χ4n) is 3.07. The van der Waals surface area contributed by atoms with E-state index in [-0.39, 0.29) is 11.6 Å². The number of hydrogen-bond acceptors (Lipinski definition) is 3. The molecule has 1 N–H and O–H groups in total. The minimum absolute atomic E-state index is 0.0809.